The van der Waals surface area contributed by atoms with E-state index >= 15 is 0 Å². The maximum atomic E-state index is 11.5. The SMILES string of the molecule is COC(=O)C1CCN(c2cccc(CCC(=O)O)c2)CC1. The van der Waals surface area contributed by atoms with Crippen LogP contribution in [0.5, 0.6) is 0 Å². The highest BCUT2D eigenvalue weighted by molar-refractivity contribution is 5.72. The zero-order valence-corrected chi connectivity index (χ0v) is 12.2. The normalized spacial score (nSPS) is 15.8. The number of methoxy groups -OCH3 is 1. The van der Waals surface area contributed by atoms with Crippen molar-refractivity contribution >= 4 is 17.6 Å². The van der Waals surface area contributed by atoms with E-state index < -0.39 is 5.97 Å². The van der Waals surface area contributed by atoms with Gasteiger partial charge in [0.25, 0.3) is 0 Å². The van der Waals surface area contributed by atoms with Crippen LogP contribution in [0, 0.1) is 5.92 Å². The Morgan fingerprint density at radius 2 is 2.05 bits per heavy atom. The molecule has 1 saturated heterocycles. The number of rotatable bonds is 5. The number of nitrogens with zero attached hydrogens (tertiary/aromatic N) is 1. The Morgan fingerprint density at radius 3 is 2.67 bits per heavy atom. The number of piperidine rings is 1. The number of esters is 1. The third-order valence-electron chi connectivity index (χ3n) is 3.93. The van der Waals surface area contributed by atoms with E-state index in [9.17, 15) is 9.59 Å². The van der Waals surface area contributed by atoms with E-state index in [2.05, 4.69) is 4.90 Å². The van der Waals surface area contributed by atoms with E-state index in [1.165, 1.54) is 7.11 Å². The number of anilines is 1. The highest BCUT2D eigenvalue weighted by Gasteiger charge is 2.25. The van der Waals surface area contributed by atoms with Gasteiger partial charge in [0, 0.05) is 25.2 Å². The number of ether oxygens (including phenoxy) is 1. The lowest BCUT2D eigenvalue weighted by Gasteiger charge is -2.32. The second-order valence-electron chi connectivity index (χ2n) is 5.35. The monoisotopic (exact) mass is 291 g/mol. The molecule has 1 fully saturated rings. The van der Waals surface area contributed by atoms with Crippen LogP contribution in [0.4, 0.5) is 5.69 Å². The van der Waals surface area contributed by atoms with Crippen LogP contribution in [0.2, 0.25) is 0 Å². The number of hydrogen-bond acceptors (Lipinski definition) is 4. The Morgan fingerprint density at radius 1 is 1.33 bits per heavy atom. The van der Waals surface area contributed by atoms with Gasteiger partial charge in [0.15, 0.2) is 0 Å². The van der Waals surface area contributed by atoms with Gasteiger partial charge in [-0.05, 0) is 37.0 Å². The van der Waals surface area contributed by atoms with Gasteiger partial charge in [-0.1, -0.05) is 12.1 Å². The minimum Gasteiger partial charge on any atom is -0.481 e. The molecular weight excluding hydrogens is 270 g/mol. The van der Waals surface area contributed by atoms with Crippen molar-refractivity contribution in [3.63, 3.8) is 0 Å². The molecule has 0 aromatic heterocycles. The Bertz CT molecular complexity index is 507. The van der Waals surface area contributed by atoms with Gasteiger partial charge in [-0.2, -0.15) is 0 Å². The number of aliphatic carboxylic acids is 1. The number of carbonyl (C=O) groups is 2. The summed E-state index contributed by atoms with van der Waals surface area (Å²) >= 11 is 0. The van der Waals surface area contributed by atoms with Crippen LogP contribution in [0.1, 0.15) is 24.8 Å². The van der Waals surface area contributed by atoms with E-state index in [4.69, 9.17) is 9.84 Å². The lowest BCUT2D eigenvalue weighted by molar-refractivity contribution is -0.146. The van der Waals surface area contributed by atoms with Crippen LogP contribution >= 0.6 is 0 Å². The molecular formula is C16H21NO4. The van der Waals surface area contributed by atoms with Crippen molar-refractivity contribution < 1.29 is 19.4 Å². The fourth-order valence-corrected chi connectivity index (χ4v) is 2.70. The first-order valence-electron chi connectivity index (χ1n) is 7.23. The highest BCUT2D eigenvalue weighted by Crippen LogP contribution is 2.25. The lowest BCUT2D eigenvalue weighted by Crippen LogP contribution is -2.36. The quantitative estimate of drug-likeness (QED) is 0.841. The van der Waals surface area contributed by atoms with Gasteiger partial charge >= 0.3 is 11.9 Å². The smallest absolute Gasteiger partial charge is 0.308 e. The molecule has 0 spiro atoms. The topological polar surface area (TPSA) is 66.8 Å². The summed E-state index contributed by atoms with van der Waals surface area (Å²) < 4.78 is 4.79. The van der Waals surface area contributed by atoms with Crippen LogP contribution in [0.3, 0.4) is 0 Å². The molecule has 0 atom stereocenters. The van der Waals surface area contributed by atoms with E-state index in [1.807, 2.05) is 24.3 Å². The molecule has 0 amide bonds. The van der Waals surface area contributed by atoms with Crippen LogP contribution in [-0.4, -0.2) is 37.2 Å². The van der Waals surface area contributed by atoms with E-state index in [0.29, 0.717) is 6.42 Å². The fourth-order valence-electron chi connectivity index (χ4n) is 2.70. The summed E-state index contributed by atoms with van der Waals surface area (Å²) in [6.07, 6.45) is 2.29. The molecule has 0 aliphatic carbocycles. The summed E-state index contributed by atoms with van der Waals surface area (Å²) in [6.45, 7) is 1.64. The summed E-state index contributed by atoms with van der Waals surface area (Å²) in [6, 6.07) is 7.98. The fraction of sp³-hybridized carbons (Fsp3) is 0.500. The van der Waals surface area contributed by atoms with E-state index in [-0.39, 0.29) is 18.3 Å². The summed E-state index contributed by atoms with van der Waals surface area (Å²) in [4.78, 5) is 24.4. The van der Waals surface area contributed by atoms with Gasteiger partial charge in [-0.3, -0.25) is 9.59 Å². The zero-order valence-electron chi connectivity index (χ0n) is 12.2. The van der Waals surface area contributed by atoms with Crippen molar-refractivity contribution in [1.82, 2.24) is 0 Å². The molecule has 5 heteroatoms. The largest absolute Gasteiger partial charge is 0.481 e. The van der Waals surface area contributed by atoms with Crippen LogP contribution in [0.25, 0.3) is 0 Å². The van der Waals surface area contributed by atoms with E-state index in [0.717, 1.165) is 37.2 Å². The summed E-state index contributed by atoms with van der Waals surface area (Å²) in [7, 11) is 1.43. The minimum absolute atomic E-state index is 0.00134. The van der Waals surface area contributed by atoms with Crippen LogP contribution in [0.15, 0.2) is 24.3 Å². The van der Waals surface area contributed by atoms with Gasteiger partial charge in [0.1, 0.15) is 0 Å². The Balaban J connectivity index is 1.95. The maximum absolute atomic E-state index is 11.5. The number of carboxylic acids is 1. The molecule has 114 valence electrons. The first kappa shape index (κ1) is 15.4. The third-order valence-corrected chi connectivity index (χ3v) is 3.93. The predicted molar refractivity (Wildman–Crippen MR) is 79.4 cm³/mol. The highest BCUT2D eigenvalue weighted by atomic mass is 16.5. The molecule has 1 aliphatic heterocycles. The lowest BCUT2D eigenvalue weighted by atomic mass is 9.96. The number of benzene rings is 1. The average molecular weight is 291 g/mol. The minimum atomic E-state index is -0.778. The van der Waals surface area contributed by atoms with Gasteiger partial charge in [0.2, 0.25) is 0 Å². The van der Waals surface area contributed by atoms with Crippen molar-refractivity contribution in [1.29, 1.82) is 0 Å². The second-order valence-corrected chi connectivity index (χ2v) is 5.35. The predicted octanol–water partition coefficient (Wildman–Crippen LogP) is 2.09. The first-order valence-corrected chi connectivity index (χ1v) is 7.23. The number of aryl methyl sites for hydroxylation is 1. The van der Waals surface area contributed by atoms with Crippen molar-refractivity contribution in [3.05, 3.63) is 29.8 Å². The van der Waals surface area contributed by atoms with Crippen molar-refractivity contribution in [2.75, 3.05) is 25.1 Å². The van der Waals surface area contributed by atoms with Crippen molar-refractivity contribution in [3.8, 4) is 0 Å². The Kier molecular flexibility index (Phi) is 5.20. The number of carboxylic acid groups (broad SMARTS) is 1. The Hall–Kier alpha value is -2.04. The molecule has 0 radical (unpaired) electrons. The number of hydrogen-bond donors (Lipinski definition) is 1. The Labute approximate surface area is 124 Å². The van der Waals surface area contributed by atoms with Crippen molar-refractivity contribution in [2.24, 2.45) is 5.92 Å². The van der Waals surface area contributed by atoms with Crippen LogP contribution in [-0.2, 0) is 20.7 Å². The number of carbonyl (C=O) groups excluding carboxylic acids is 1. The first-order chi connectivity index (χ1) is 10.1. The molecule has 1 heterocycles. The molecule has 0 saturated carbocycles. The zero-order chi connectivity index (χ0) is 15.2. The molecule has 21 heavy (non-hydrogen) atoms. The van der Waals surface area contributed by atoms with Gasteiger partial charge in [-0.15, -0.1) is 0 Å². The molecule has 1 aliphatic rings. The molecule has 1 N–H and O–H groups in total. The van der Waals surface area contributed by atoms with Gasteiger partial charge < -0.3 is 14.7 Å². The molecule has 5 nitrogen and oxygen atoms in total. The van der Waals surface area contributed by atoms with Gasteiger partial charge in [-0.25, -0.2) is 0 Å². The molecule has 1 aromatic rings. The van der Waals surface area contributed by atoms with Gasteiger partial charge in [0.05, 0.1) is 13.0 Å². The second kappa shape index (κ2) is 7.11. The molecule has 2 rings (SSSR count). The summed E-state index contributed by atoms with van der Waals surface area (Å²) in [5, 5.41) is 8.74. The molecule has 1 aromatic carbocycles. The van der Waals surface area contributed by atoms with Crippen LogP contribution < -0.4 is 4.90 Å². The van der Waals surface area contributed by atoms with Crippen molar-refractivity contribution in [2.45, 2.75) is 25.7 Å². The maximum Gasteiger partial charge on any atom is 0.308 e. The average Bonchev–Trinajstić information content (AvgIpc) is 2.52. The summed E-state index contributed by atoms with van der Waals surface area (Å²) in [5.74, 6) is -0.898. The molecule has 0 bridgehead atoms. The standard InChI is InChI=1S/C16H21NO4/c1-21-16(20)13-7-9-17(10-8-13)14-4-2-3-12(11-14)5-6-15(18)19/h2-4,11,13H,5-10H2,1H3,(H,18,19). The summed E-state index contributed by atoms with van der Waals surface area (Å²) in [5.41, 5.74) is 2.13. The third kappa shape index (κ3) is 4.21. The van der Waals surface area contributed by atoms with E-state index in [1.54, 1.807) is 0 Å². The molecule has 0 unspecified atom stereocenters.